The number of ether oxygens (including phenoxy) is 1. The van der Waals surface area contributed by atoms with Gasteiger partial charge in [0.05, 0.1) is 12.5 Å². The van der Waals surface area contributed by atoms with Crippen LogP contribution < -0.4 is 5.32 Å². The van der Waals surface area contributed by atoms with E-state index in [4.69, 9.17) is 4.74 Å². The van der Waals surface area contributed by atoms with Gasteiger partial charge in [0.15, 0.2) is 0 Å². The number of carbonyl (C=O) groups is 1. The first kappa shape index (κ1) is 12.4. The van der Waals surface area contributed by atoms with Crippen LogP contribution in [0, 0.1) is 17.3 Å². The Bertz CT molecular complexity index is 320. The van der Waals surface area contributed by atoms with Gasteiger partial charge >= 0.3 is 5.97 Å². The van der Waals surface area contributed by atoms with E-state index in [1.54, 1.807) is 0 Å². The highest BCUT2D eigenvalue weighted by atomic mass is 16.5. The van der Waals surface area contributed by atoms with Crippen molar-refractivity contribution >= 4 is 5.97 Å². The molecular weight excluding hydrogens is 228 g/mol. The SMILES string of the molecule is CN1CCC2(CC1)CNC[C@H]2C(=O)OCC1CC1. The first-order chi connectivity index (χ1) is 8.70. The van der Waals surface area contributed by atoms with Crippen LogP contribution in [0.2, 0.25) is 0 Å². The van der Waals surface area contributed by atoms with Crippen LogP contribution >= 0.6 is 0 Å². The minimum absolute atomic E-state index is 0.0523. The third-order valence-corrected chi connectivity index (χ3v) is 4.99. The molecule has 4 heteroatoms. The Hall–Kier alpha value is -0.610. The Morgan fingerprint density at radius 3 is 2.78 bits per heavy atom. The van der Waals surface area contributed by atoms with E-state index in [1.807, 2.05) is 0 Å². The van der Waals surface area contributed by atoms with Crippen molar-refractivity contribution in [1.82, 2.24) is 10.2 Å². The maximum atomic E-state index is 12.3. The fourth-order valence-corrected chi connectivity index (χ4v) is 3.31. The number of nitrogens with zero attached hydrogens (tertiary/aromatic N) is 1. The maximum Gasteiger partial charge on any atom is 0.310 e. The molecule has 0 aromatic rings. The summed E-state index contributed by atoms with van der Waals surface area (Å²) < 4.78 is 5.51. The summed E-state index contributed by atoms with van der Waals surface area (Å²) in [5.41, 5.74) is 0.174. The number of rotatable bonds is 3. The van der Waals surface area contributed by atoms with E-state index >= 15 is 0 Å². The lowest BCUT2D eigenvalue weighted by Gasteiger charge is -2.40. The first-order valence-corrected chi connectivity index (χ1v) is 7.25. The molecule has 3 rings (SSSR count). The molecule has 2 aliphatic heterocycles. The van der Waals surface area contributed by atoms with Gasteiger partial charge in [0, 0.05) is 13.1 Å². The number of piperidine rings is 1. The van der Waals surface area contributed by atoms with Crippen molar-refractivity contribution in [2.75, 3.05) is 39.8 Å². The average Bonchev–Trinajstić information content (AvgIpc) is 3.11. The van der Waals surface area contributed by atoms with Crippen molar-refractivity contribution in [3.63, 3.8) is 0 Å². The van der Waals surface area contributed by atoms with E-state index in [0.29, 0.717) is 12.5 Å². The van der Waals surface area contributed by atoms with Crippen LogP contribution in [0.25, 0.3) is 0 Å². The summed E-state index contributed by atoms with van der Waals surface area (Å²) in [5, 5.41) is 3.41. The summed E-state index contributed by atoms with van der Waals surface area (Å²) in [5.74, 6) is 0.804. The molecule has 18 heavy (non-hydrogen) atoms. The van der Waals surface area contributed by atoms with Crippen LogP contribution in [0.1, 0.15) is 25.7 Å². The predicted molar refractivity (Wildman–Crippen MR) is 69.2 cm³/mol. The maximum absolute atomic E-state index is 12.3. The second kappa shape index (κ2) is 4.82. The zero-order valence-corrected chi connectivity index (χ0v) is 11.3. The highest BCUT2D eigenvalue weighted by Gasteiger charge is 2.48. The molecule has 0 bridgehead atoms. The fourth-order valence-electron chi connectivity index (χ4n) is 3.31. The van der Waals surface area contributed by atoms with Crippen molar-refractivity contribution in [2.45, 2.75) is 25.7 Å². The van der Waals surface area contributed by atoms with Crippen LogP contribution in [0.3, 0.4) is 0 Å². The van der Waals surface area contributed by atoms with Crippen LogP contribution in [0.4, 0.5) is 0 Å². The molecule has 102 valence electrons. The third-order valence-electron chi connectivity index (χ3n) is 4.99. The minimum Gasteiger partial charge on any atom is -0.465 e. The fraction of sp³-hybridized carbons (Fsp3) is 0.929. The number of esters is 1. The summed E-state index contributed by atoms with van der Waals surface area (Å²) in [6.07, 6.45) is 4.73. The Kier molecular flexibility index (Phi) is 3.32. The van der Waals surface area contributed by atoms with E-state index in [1.165, 1.54) is 12.8 Å². The second-order valence-electron chi connectivity index (χ2n) is 6.42. The van der Waals surface area contributed by atoms with Crippen molar-refractivity contribution in [3.05, 3.63) is 0 Å². The van der Waals surface area contributed by atoms with Gasteiger partial charge < -0.3 is 15.0 Å². The minimum atomic E-state index is 0.0523. The Morgan fingerprint density at radius 1 is 1.39 bits per heavy atom. The highest BCUT2D eigenvalue weighted by molar-refractivity contribution is 5.74. The normalized spacial score (nSPS) is 31.7. The molecule has 3 fully saturated rings. The van der Waals surface area contributed by atoms with Gasteiger partial charge in [-0.2, -0.15) is 0 Å². The van der Waals surface area contributed by atoms with E-state index in [0.717, 1.165) is 39.0 Å². The quantitative estimate of drug-likeness (QED) is 0.757. The van der Waals surface area contributed by atoms with E-state index in [-0.39, 0.29) is 17.3 Å². The summed E-state index contributed by atoms with van der Waals surface area (Å²) in [4.78, 5) is 14.6. The van der Waals surface area contributed by atoms with Crippen LogP contribution in [0.5, 0.6) is 0 Å². The van der Waals surface area contributed by atoms with E-state index < -0.39 is 0 Å². The van der Waals surface area contributed by atoms with Gasteiger partial charge in [-0.3, -0.25) is 4.79 Å². The van der Waals surface area contributed by atoms with Crippen LogP contribution in [-0.4, -0.2) is 50.7 Å². The lowest BCUT2D eigenvalue weighted by Crippen LogP contribution is -2.45. The molecule has 1 N–H and O–H groups in total. The Labute approximate surface area is 109 Å². The molecule has 3 aliphatic rings. The molecule has 0 unspecified atom stereocenters. The molecule has 1 atom stereocenters. The summed E-state index contributed by atoms with van der Waals surface area (Å²) in [7, 11) is 2.16. The third kappa shape index (κ3) is 2.41. The summed E-state index contributed by atoms with van der Waals surface area (Å²) in [6.45, 7) is 4.67. The van der Waals surface area contributed by atoms with Crippen LogP contribution in [-0.2, 0) is 9.53 Å². The molecule has 0 radical (unpaired) electrons. The molecule has 1 spiro atoms. The molecule has 0 amide bonds. The standard InChI is InChI=1S/C14H24N2O2/c1-16-6-4-14(5-7-16)10-15-8-12(14)13(17)18-9-11-2-3-11/h11-12,15H,2-10H2,1H3/t12-/m0/s1. The van der Waals surface area contributed by atoms with Gasteiger partial charge in [0.25, 0.3) is 0 Å². The van der Waals surface area contributed by atoms with E-state index in [2.05, 4.69) is 17.3 Å². The van der Waals surface area contributed by atoms with Crippen molar-refractivity contribution in [3.8, 4) is 0 Å². The largest absolute Gasteiger partial charge is 0.465 e. The molecule has 0 aromatic carbocycles. The lowest BCUT2D eigenvalue weighted by atomic mass is 9.71. The summed E-state index contributed by atoms with van der Waals surface area (Å²) in [6, 6.07) is 0. The molecular formula is C14H24N2O2. The molecule has 4 nitrogen and oxygen atoms in total. The number of nitrogens with one attached hydrogen (secondary N) is 1. The van der Waals surface area contributed by atoms with Gasteiger partial charge in [0.2, 0.25) is 0 Å². The van der Waals surface area contributed by atoms with Crippen molar-refractivity contribution < 1.29 is 9.53 Å². The average molecular weight is 252 g/mol. The molecule has 2 heterocycles. The van der Waals surface area contributed by atoms with Crippen molar-refractivity contribution in [1.29, 1.82) is 0 Å². The molecule has 0 aromatic heterocycles. The smallest absolute Gasteiger partial charge is 0.310 e. The Morgan fingerprint density at radius 2 is 2.11 bits per heavy atom. The Balaban J connectivity index is 1.60. The van der Waals surface area contributed by atoms with Gasteiger partial charge in [-0.05, 0) is 57.2 Å². The van der Waals surface area contributed by atoms with Gasteiger partial charge in [-0.1, -0.05) is 0 Å². The van der Waals surface area contributed by atoms with Gasteiger partial charge in [-0.25, -0.2) is 0 Å². The van der Waals surface area contributed by atoms with Gasteiger partial charge in [0.1, 0.15) is 0 Å². The predicted octanol–water partition coefficient (Wildman–Crippen LogP) is 0.871. The molecule has 1 saturated carbocycles. The number of hydrogen-bond acceptors (Lipinski definition) is 4. The number of hydrogen-bond donors (Lipinski definition) is 1. The summed E-state index contributed by atoms with van der Waals surface area (Å²) >= 11 is 0. The first-order valence-electron chi connectivity index (χ1n) is 7.25. The molecule has 2 saturated heterocycles. The highest BCUT2D eigenvalue weighted by Crippen LogP contribution is 2.42. The van der Waals surface area contributed by atoms with Gasteiger partial charge in [-0.15, -0.1) is 0 Å². The number of carbonyl (C=O) groups excluding carboxylic acids is 1. The van der Waals surface area contributed by atoms with Crippen molar-refractivity contribution in [2.24, 2.45) is 17.3 Å². The lowest BCUT2D eigenvalue weighted by molar-refractivity contribution is -0.153. The monoisotopic (exact) mass is 252 g/mol. The molecule has 1 aliphatic carbocycles. The van der Waals surface area contributed by atoms with Crippen LogP contribution in [0.15, 0.2) is 0 Å². The van der Waals surface area contributed by atoms with E-state index in [9.17, 15) is 4.79 Å². The zero-order chi connectivity index (χ0) is 12.6. The zero-order valence-electron chi connectivity index (χ0n) is 11.3. The topological polar surface area (TPSA) is 41.6 Å². The number of likely N-dealkylation sites (tertiary alicyclic amines) is 1. The second-order valence-corrected chi connectivity index (χ2v) is 6.42.